The van der Waals surface area contributed by atoms with E-state index in [1.165, 1.54) is 90.6 Å². The molecule has 0 bridgehead atoms. The lowest BCUT2D eigenvalue weighted by Gasteiger charge is -2.15. The fourth-order valence-corrected chi connectivity index (χ4v) is 14.7. The van der Waals surface area contributed by atoms with Crippen molar-refractivity contribution in [3.63, 3.8) is 0 Å². The summed E-state index contributed by atoms with van der Waals surface area (Å²) >= 11 is 0. The highest BCUT2D eigenvalue weighted by Crippen LogP contribution is 2.33. The predicted octanol–water partition coefficient (Wildman–Crippen LogP) is 17.8. The first-order chi connectivity index (χ1) is 57.3. The normalized spacial score (nSPS) is 14.3. The molecule has 0 amide bonds. The van der Waals surface area contributed by atoms with Gasteiger partial charge in [-0.25, -0.2) is 13.5 Å². The van der Waals surface area contributed by atoms with Crippen LogP contribution in [0, 0.1) is 12.8 Å². The predicted molar refractivity (Wildman–Crippen MR) is 457 cm³/mol. The van der Waals surface area contributed by atoms with Crippen molar-refractivity contribution < 1.29 is 23.3 Å². The Kier molecular flexibility index (Phi) is 24.0. The topological polar surface area (TPSA) is 252 Å². The summed E-state index contributed by atoms with van der Waals surface area (Å²) < 4.78 is 34.1. The number of ether oxygens (including phenoxy) is 3. The largest absolute Gasteiger partial charge is 0.492 e. The number of aromatic nitrogens is 11. The van der Waals surface area contributed by atoms with Crippen molar-refractivity contribution >= 4 is 68.9 Å². The maximum absolute atomic E-state index is 5.94. The Hall–Kier alpha value is -13.1. The summed E-state index contributed by atoms with van der Waals surface area (Å²) in [7, 11) is 0. The first-order valence-electron chi connectivity index (χ1n) is 40.5. The molecule has 1 aliphatic carbocycles. The van der Waals surface area contributed by atoms with E-state index in [0.29, 0.717) is 44.1 Å². The molecule has 6 N–H and O–H groups in total. The molecule has 116 heavy (non-hydrogen) atoms. The van der Waals surface area contributed by atoms with Crippen LogP contribution in [-0.2, 0) is 13.1 Å². The van der Waals surface area contributed by atoms with Gasteiger partial charge in [0.25, 0.3) is 0 Å². The number of pyridine rings is 3. The van der Waals surface area contributed by atoms with Crippen LogP contribution in [-0.4, -0.2) is 154 Å². The van der Waals surface area contributed by atoms with Crippen LogP contribution in [0.4, 0.5) is 52.0 Å². The molecule has 8 aromatic heterocycles. The number of aryl methyl sites for hydroxylation is 1. The van der Waals surface area contributed by atoms with Gasteiger partial charge in [0.1, 0.15) is 54.2 Å². The van der Waals surface area contributed by atoms with Crippen LogP contribution in [0.2, 0.25) is 0 Å². The minimum absolute atomic E-state index is 0.532. The number of nitrogens with zero attached hydrogens (tertiary/aromatic N) is 14. The van der Waals surface area contributed by atoms with E-state index < -0.39 is 0 Å². The molecule has 590 valence electrons. The number of hydrogen-bond acceptors (Lipinski definition) is 22. The van der Waals surface area contributed by atoms with E-state index in [-0.39, 0.29) is 0 Å². The van der Waals surface area contributed by atoms with E-state index in [1.807, 2.05) is 209 Å². The molecule has 15 aromatic rings. The Balaban J connectivity index is 0.000000126. The molecule has 3 saturated heterocycles. The average molecular weight is 1550 g/mol. The van der Waals surface area contributed by atoms with Crippen molar-refractivity contribution in [3.8, 4) is 62.3 Å². The van der Waals surface area contributed by atoms with Crippen LogP contribution < -0.4 is 46.1 Å². The molecule has 4 aliphatic rings. The van der Waals surface area contributed by atoms with Gasteiger partial charge in [0.15, 0.2) is 22.7 Å². The molecule has 25 heteroatoms. The molecule has 0 radical (unpaired) electrons. The number of benzene rings is 7. The van der Waals surface area contributed by atoms with Gasteiger partial charge in [-0.15, -0.1) is 15.3 Å². The van der Waals surface area contributed by atoms with Gasteiger partial charge in [0.05, 0.1) is 30.2 Å². The number of likely N-dealkylation sites (tertiary alicyclic amines) is 3. The third-order valence-corrected chi connectivity index (χ3v) is 21.0. The van der Waals surface area contributed by atoms with Crippen LogP contribution >= 0.6 is 0 Å². The first kappa shape index (κ1) is 75.6. The Morgan fingerprint density at radius 1 is 0.353 bits per heavy atom. The number of fused-ring (bicyclic) bond motifs is 3. The molecule has 19 rings (SSSR count). The van der Waals surface area contributed by atoms with Gasteiger partial charge in [-0.2, -0.15) is 15.0 Å². The summed E-state index contributed by atoms with van der Waals surface area (Å²) in [5, 5.41) is 42.9. The molecule has 4 fully saturated rings. The van der Waals surface area contributed by atoms with E-state index in [9.17, 15) is 0 Å². The summed E-state index contributed by atoms with van der Waals surface area (Å²) in [6, 6.07) is 80.8. The van der Waals surface area contributed by atoms with Crippen LogP contribution in [0.3, 0.4) is 0 Å². The highest BCUT2D eigenvalue weighted by molar-refractivity contribution is 5.72. The molecule has 25 nitrogen and oxygen atoms in total. The van der Waals surface area contributed by atoms with E-state index in [0.717, 1.165) is 169 Å². The van der Waals surface area contributed by atoms with Crippen LogP contribution in [0.15, 0.2) is 252 Å². The van der Waals surface area contributed by atoms with Crippen molar-refractivity contribution in [1.29, 1.82) is 0 Å². The van der Waals surface area contributed by atoms with Gasteiger partial charge in [-0.1, -0.05) is 95.2 Å². The monoisotopic (exact) mass is 1550 g/mol. The highest BCUT2D eigenvalue weighted by atomic mass is 16.5. The van der Waals surface area contributed by atoms with Gasteiger partial charge in [-0.05, 0) is 249 Å². The molecule has 7 aromatic carbocycles. The second-order valence-electron chi connectivity index (χ2n) is 29.7. The Morgan fingerprint density at radius 2 is 0.716 bits per heavy atom. The Morgan fingerprint density at radius 3 is 1.09 bits per heavy atom. The molecular weight excluding hydrogens is 1450 g/mol. The molecule has 11 heterocycles. The zero-order valence-electron chi connectivity index (χ0n) is 65.2. The highest BCUT2D eigenvalue weighted by Gasteiger charge is 2.22. The third kappa shape index (κ3) is 20.1. The van der Waals surface area contributed by atoms with Crippen molar-refractivity contribution in [2.24, 2.45) is 5.92 Å². The maximum atomic E-state index is 5.94. The summed E-state index contributed by atoms with van der Waals surface area (Å²) in [6.07, 6.45) is 10.5. The standard InChI is InChI=1S/C34H33N7O2.C29H31N7O2.C28H32N6O/c1-2-8-25(9-3-1)32-23-29(39-43-32)24-35-28-11-6-10-26(22-28)31-12-7-13-33-37-34(38-41(31)33)36-27-14-16-30(17-15-27)42-21-20-40-18-4-5-19-40;1-21-18-25(34-38-21)20-30-24-7-4-6-22(19-24)27-8-5-9-28-32-29(33-36(27)28)31-23-10-12-26(13-11-23)37-17-16-35-14-2-3-15-35;1-2-16-33(15-1)17-18-35-25-13-11-23(12-14-25)30-28-31-27-8-4-7-26(34(27)32-28)22-5-3-6-24(19-22)29-20-21-9-10-21/h1-3,6-17,22-23,35H,4-5,18-21,24H2,(H,36,38);4-13,18-19,30H,2-3,14-17,20H2,1H3,(H,31,33);3-8,11-14,19,21,29H,1-2,9-10,15-18,20H2,(H,30,32). The summed E-state index contributed by atoms with van der Waals surface area (Å²) in [6.45, 7) is 16.3. The molecular formula is C91H96N20O5. The van der Waals surface area contributed by atoms with Gasteiger partial charge in [0, 0.05) is 94.7 Å². The number of rotatable bonds is 31. The zero-order valence-corrected chi connectivity index (χ0v) is 65.2. The van der Waals surface area contributed by atoms with Crippen molar-refractivity contribution in [1.82, 2.24) is 68.8 Å². The summed E-state index contributed by atoms with van der Waals surface area (Å²) in [5.74, 6) is 6.65. The van der Waals surface area contributed by atoms with Crippen molar-refractivity contribution in [2.45, 2.75) is 71.4 Å². The fourth-order valence-electron chi connectivity index (χ4n) is 14.7. The van der Waals surface area contributed by atoms with Gasteiger partial charge in [0.2, 0.25) is 17.8 Å². The van der Waals surface area contributed by atoms with E-state index >= 15 is 0 Å². The van der Waals surface area contributed by atoms with Crippen molar-refractivity contribution in [2.75, 3.05) is 117 Å². The first-order valence-corrected chi connectivity index (χ1v) is 40.5. The fraction of sp³-hybridized carbons (Fsp3) is 0.275. The second kappa shape index (κ2) is 36.8. The molecule has 1 saturated carbocycles. The maximum Gasteiger partial charge on any atom is 0.247 e. The SMILES string of the molecule is Cc1cc(CNc2cccc(-c3cccc4nc(Nc5ccc(OCCN6CCCC6)cc5)nn34)c2)no1.c1cc(NCC2CC2)cc(-c2cccc3nc(Nc4ccc(OCCN5CCCC5)cc4)nn23)c1.c1ccc(-c2cc(CNc3cccc(-c4cccc5nc(Nc6ccc(OCCN7CCCC7)cc6)nn45)c3)no2)cc1. The lowest BCUT2D eigenvalue weighted by atomic mass is 10.1. The van der Waals surface area contributed by atoms with Gasteiger partial charge >= 0.3 is 0 Å². The number of hydrogen-bond donors (Lipinski definition) is 6. The molecule has 0 atom stereocenters. The van der Waals surface area contributed by atoms with E-state index in [1.54, 1.807) is 0 Å². The zero-order chi connectivity index (χ0) is 78.0. The molecule has 3 aliphatic heterocycles. The lowest BCUT2D eigenvalue weighted by Crippen LogP contribution is -2.25. The summed E-state index contributed by atoms with van der Waals surface area (Å²) in [4.78, 5) is 21.4. The van der Waals surface area contributed by atoms with Gasteiger partial charge in [-0.3, -0.25) is 14.7 Å². The quantitative estimate of drug-likeness (QED) is 0.0236. The second-order valence-corrected chi connectivity index (χ2v) is 29.7. The lowest BCUT2D eigenvalue weighted by molar-refractivity contribution is 0.237. The Bertz CT molecular complexity index is 5670. The third-order valence-electron chi connectivity index (χ3n) is 21.0. The van der Waals surface area contributed by atoms with Crippen LogP contribution in [0.25, 0.3) is 62.0 Å². The minimum Gasteiger partial charge on any atom is -0.492 e. The van der Waals surface area contributed by atoms with Crippen molar-refractivity contribution in [3.05, 3.63) is 260 Å². The number of nitrogens with one attached hydrogen (secondary N) is 6. The molecule has 0 spiro atoms. The smallest absolute Gasteiger partial charge is 0.247 e. The van der Waals surface area contributed by atoms with Crippen LogP contribution in [0.1, 0.15) is 68.5 Å². The summed E-state index contributed by atoms with van der Waals surface area (Å²) in [5.41, 5.74) is 17.0. The van der Waals surface area contributed by atoms with Gasteiger partial charge < -0.3 is 55.2 Å². The van der Waals surface area contributed by atoms with E-state index in [4.69, 9.17) is 43.5 Å². The average Bonchev–Trinajstić information content (AvgIpc) is 1.64. The van der Waals surface area contributed by atoms with E-state index in [2.05, 4.69) is 121 Å². The van der Waals surface area contributed by atoms with Crippen LogP contribution in [0.5, 0.6) is 17.2 Å². The minimum atomic E-state index is 0.532. The Labute approximate surface area is 674 Å². The number of anilines is 9. The molecule has 0 unspecified atom stereocenters.